The van der Waals surface area contributed by atoms with E-state index in [1.807, 2.05) is 24.9 Å². The molecule has 108 valence electrons. The van der Waals surface area contributed by atoms with Gasteiger partial charge in [-0.3, -0.25) is 4.79 Å². The lowest BCUT2D eigenvalue weighted by Crippen LogP contribution is -2.25. The normalized spacial score (nSPS) is 10.6. The fourth-order valence-electron chi connectivity index (χ4n) is 1.65. The maximum absolute atomic E-state index is 12.4. The second kappa shape index (κ2) is 5.96. The molecule has 1 amide bonds. The van der Waals surface area contributed by atoms with Gasteiger partial charge in [0.1, 0.15) is 16.5 Å². The molecule has 2 aromatic rings. The van der Waals surface area contributed by atoms with Gasteiger partial charge in [0.15, 0.2) is 5.13 Å². The van der Waals surface area contributed by atoms with Crippen molar-refractivity contribution in [3.63, 3.8) is 0 Å². The monoisotopic (exact) mass is 294 g/mol. The Hall–Kier alpha value is -2.02. The number of anilines is 2. The molecule has 0 saturated heterocycles. The molecule has 2 aromatic heterocycles. The first-order valence-corrected chi connectivity index (χ1v) is 7.09. The van der Waals surface area contributed by atoms with Crippen LogP contribution < -0.4 is 10.6 Å². The van der Waals surface area contributed by atoms with Crippen LogP contribution in [0.5, 0.6) is 0 Å². The number of carbonyl (C=O) groups excluding carboxylic acids is 1. The van der Waals surface area contributed by atoms with Crippen LogP contribution in [0, 0.1) is 0 Å². The van der Waals surface area contributed by atoms with Crippen LogP contribution in [0.3, 0.4) is 0 Å². The highest BCUT2D eigenvalue weighted by Gasteiger charge is 2.21. The molecular formula is C13H18N4O2S. The number of hydrogen-bond donors (Lipinski definition) is 1. The molecule has 0 fully saturated rings. The van der Waals surface area contributed by atoms with Crippen LogP contribution in [0.2, 0.25) is 0 Å². The van der Waals surface area contributed by atoms with E-state index in [-0.39, 0.29) is 11.7 Å². The summed E-state index contributed by atoms with van der Waals surface area (Å²) in [5, 5.41) is 0.750. The van der Waals surface area contributed by atoms with Gasteiger partial charge in [-0.25, -0.2) is 4.98 Å². The smallest absolute Gasteiger partial charge is 0.268 e. The molecule has 0 aliphatic rings. The molecule has 0 radical (unpaired) electrons. The van der Waals surface area contributed by atoms with Gasteiger partial charge >= 0.3 is 0 Å². The second-order valence-electron chi connectivity index (χ2n) is 4.47. The molecule has 0 aliphatic carbocycles. The number of amides is 1. The molecule has 20 heavy (non-hydrogen) atoms. The van der Waals surface area contributed by atoms with Crippen molar-refractivity contribution < 1.29 is 9.21 Å². The van der Waals surface area contributed by atoms with E-state index in [9.17, 15) is 4.79 Å². The van der Waals surface area contributed by atoms with E-state index >= 15 is 0 Å². The summed E-state index contributed by atoms with van der Waals surface area (Å²) in [5.74, 6) is 0.864. The predicted molar refractivity (Wildman–Crippen MR) is 80.0 cm³/mol. The third-order valence-corrected chi connectivity index (χ3v) is 4.13. The molecule has 0 atom stereocenters. The largest absolute Gasteiger partial charge is 0.467 e. The average Bonchev–Trinajstić information content (AvgIpc) is 3.06. The molecule has 0 unspecified atom stereocenters. The number of thiazole rings is 1. The molecule has 2 N–H and O–H groups in total. The molecular weight excluding hydrogens is 276 g/mol. The summed E-state index contributed by atoms with van der Waals surface area (Å²) in [6, 6.07) is 3.62. The Morgan fingerprint density at radius 3 is 2.85 bits per heavy atom. The van der Waals surface area contributed by atoms with Crippen LogP contribution in [0.1, 0.15) is 22.4 Å². The van der Waals surface area contributed by atoms with Gasteiger partial charge in [-0.2, -0.15) is 0 Å². The Labute approximate surface area is 121 Å². The first-order valence-electron chi connectivity index (χ1n) is 6.28. The number of nitrogens with two attached hydrogens (primary N) is 1. The minimum absolute atomic E-state index is 0.146. The van der Waals surface area contributed by atoms with Crippen LogP contribution in [0.4, 0.5) is 10.9 Å². The van der Waals surface area contributed by atoms with Crippen molar-refractivity contribution in [2.24, 2.45) is 0 Å². The number of nitrogen functional groups attached to an aromatic ring is 1. The van der Waals surface area contributed by atoms with E-state index < -0.39 is 0 Å². The lowest BCUT2D eigenvalue weighted by atomic mass is 10.3. The first-order chi connectivity index (χ1) is 9.52. The van der Waals surface area contributed by atoms with Crippen molar-refractivity contribution in [1.82, 2.24) is 9.88 Å². The van der Waals surface area contributed by atoms with Gasteiger partial charge in [0.2, 0.25) is 0 Å². The van der Waals surface area contributed by atoms with Crippen molar-refractivity contribution in [3.05, 3.63) is 29.0 Å². The molecule has 7 heteroatoms. The zero-order valence-electron chi connectivity index (χ0n) is 11.8. The van der Waals surface area contributed by atoms with Gasteiger partial charge < -0.3 is 20.0 Å². The quantitative estimate of drug-likeness (QED) is 0.913. The van der Waals surface area contributed by atoms with E-state index in [1.165, 1.54) is 11.3 Å². The van der Waals surface area contributed by atoms with E-state index in [0.717, 1.165) is 17.4 Å². The standard InChI is InChI=1S/C13H18N4O2S/c1-4-16(2)13-15-11(14)10(20-13)12(18)17(3)8-9-6-5-7-19-9/h5-7H,4,8,14H2,1-3H3. The number of hydrogen-bond acceptors (Lipinski definition) is 6. The van der Waals surface area contributed by atoms with Crippen molar-refractivity contribution in [2.75, 3.05) is 31.3 Å². The fraction of sp³-hybridized carbons (Fsp3) is 0.385. The third kappa shape index (κ3) is 2.93. The molecule has 2 heterocycles. The predicted octanol–water partition coefficient (Wildman–Crippen LogP) is 2.05. The zero-order chi connectivity index (χ0) is 14.7. The minimum Gasteiger partial charge on any atom is -0.467 e. The number of carbonyl (C=O) groups is 1. The molecule has 0 saturated carbocycles. The average molecular weight is 294 g/mol. The van der Waals surface area contributed by atoms with Gasteiger partial charge in [0.05, 0.1) is 12.8 Å². The van der Waals surface area contributed by atoms with Crippen LogP contribution in [-0.2, 0) is 6.54 Å². The van der Waals surface area contributed by atoms with E-state index in [4.69, 9.17) is 10.2 Å². The Balaban J connectivity index is 2.14. The summed E-state index contributed by atoms with van der Waals surface area (Å²) in [4.78, 5) is 20.6. The lowest BCUT2D eigenvalue weighted by Gasteiger charge is -2.14. The summed E-state index contributed by atoms with van der Waals surface area (Å²) >= 11 is 1.31. The Morgan fingerprint density at radius 1 is 1.50 bits per heavy atom. The highest BCUT2D eigenvalue weighted by atomic mass is 32.1. The van der Waals surface area contributed by atoms with E-state index in [1.54, 1.807) is 24.3 Å². The number of rotatable bonds is 5. The van der Waals surface area contributed by atoms with Crippen molar-refractivity contribution in [3.8, 4) is 0 Å². The Kier molecular flexibility index (Phi) is 4.29. The van der Waals surface area contributed by atoms with Gasteiger partial charge in [0.25, 0.3) is 5.91 Å². The van der Waals surface area contributed by atoms with Crippen LogP contribution >= 0.6 is 11.3 Å². The van der Waals surface area contributed by atoms with Crippen molar-refractivity contribution in [1.29, 1.82) is 0 Å². The first kappa shape index (κ1) is 14.4. The van der Waals surface area contributed by atoms with Crippen LogP contribution in [0.25, 0.3) is 0 Å². The SMILES string of the molecule is CCN(C)c1nc(N)c(C(=O)N(C)Cc2ccco2)s1. The molecule has 0 aliphatic heterocycles. The van der Waals surface area contributed by atoms with Crippen LogP contribution in [0.15, 0.2) is 22.8 Å². The summed E-state index contributed by atoms with van der Waals surface area (Å²) in [6.45, 7) is 3.23. The summed E-state index contributed by atoms with van der Waals surface area (Å²) in [5.41, 5.74) is 5.85. The topological polar surface area (TPSA) is 75.6 Å². The maximum Gasteiger partial charge on any atom is 0.268 e. The highest BCUT2D eigenvalue weighted by Crippen LogP contribution is 2.28. The number of furan rings is 1. The zero-order valence-corrected chi connectivity index (χ0v) is 12.6. The minimum atomic E-state index is -0.146. The fourth-order valence-corrected chi connectivity index (χ4v) is 2.66. The maximum atomic E-state index is 12.4. The molecule has 6 nitrogen and oxygen atoms in total. The van der Waals surface area contributed by atoms with Gasteiger partial charge in [0, 0.05) is 20.6 Å². The van der Waals surface area contributed by atoms with Crippen LogP contribution in [-0.4, -0.2) is 36.4 Å². The molecule has 0 bridgehead atoms. The van der Waals surface area contributed by atoms with Gasteiger partial charge in [-0.05, 0) is 19.1 Å². The van der Waals surface area contributed by atoms with Gasteiger partial charge in [-0.1, -0.05) is 11.3 Å². The highest BCUT2D eigenvalue weighted by molar-refractivity contribution is 7.18. The third-order valence-electron chi connectivity index (χ3n) is 2.96. The molecule has 0 aromatic carbocycles. The summed E-state index contributed by atoms with van der Waals surface area (Å²) in [7, 11) is 3.63. The second-order valence-corrected chi connectivity index (χ2v) is 5.44. The molecule has 0 spiro atoms. The Morgan fingerprint density at radius 2 is 2.25 bits per heavy atom. The van der Waals surface area contributed by atoms with Crippen molar-refractivity contribution >= 4 is 28.2 Å². The van der Waals surface area contributed by atoms with Gasteiger partial charge in [-0.15, -0.1) is 0 Å². The summed E-state index contributed by atoms with van der Waals surface area (Å²) < 4.78 is 5.24. The lowest BCUT2D eigenvalue weighted by molar-refractivity contribution is 0.0781. The number of nitrogens with zero attached hydrogens (tertiary/aromatic N) is 3. The van der Waals surface area contributed by atoms with E-state index in [2.05, 4.69) is 4.98 Å². The Bertz CT molecular complexity index is 579. The van der Waals surface area contributed by atoms with Crippen molar-refractivity contribution in [2.45, 2.75) is 13.5 Å². The molecule has 2 rings (SSSR count). The van der Waals surface area contributed by atoms with E-state index in [0.29, 0.717) is 11.4 Å². The summed E-state index contributed by atoms with van der Waals surface area (Å²) in [6.07, 6.45) is 1.59. The number of aromatic nitrogens is 1.